The minimum Gasteiger partial charge on any atom is -0.332 e. The summed E-state index contributed by atoms with van der Waals surface area (Å²) in [4.78, 5) is 25.3. The minimum atomic E-state index is -0.240. The van der Waals surface area contributed by atoms with Gasteiger partial charge in [0.15, 0.2) is 5.78 Å². The van der Waals surface area contributed by atoms with E-state index in [2.05, 4.69) is 29.1 Å². The van der Waals surface area contributed by atoms with Crippen LogP contribution in [0.1, 0.15) is 10.4 Å². The molecule has 0 spiro atoms. The molecule has 0 saturated carbocycles. The second-order valence-corrected chi connectivity index (χ2v) is 4.94. The van der Waals surface area contributed by atoms with E-state index in [1.54, 1.807) is 36.4 Å². The molecule has 0 bridgehead atoms. The molecule has 1 amide bonds. The Morgan fingerprint density at radius 1 is 1.05 bits per heavy atom. The molecular weight excluding hydrogens is 318 g/mol. The third-order valence-electron chi connectivity index (χ3n) is 2.52. The zero-order chi connectivity index (χ0) is 15.0. The summed E-state index contributed by atoms with van der Waals surface area (Å²) in [5.41, 5.74) is 0.538. The molecule has 0 aliphatic heterocycles. The molecule has 1 aromatic carbocycles. The Morgan fingerprint density at radius 3 is 2.10 bits per heavy atom. The topological polar surface area (TPSA) is 37.4 Å². The van der Waals surface area contributed by atoms with Crippen molar-refractivity contribution in [3.05, 3.63) is 71.8 Å². The monoisotopic (exact) mass is 333 g/mol. The van der Waals surface area contributed by atoms with Gasteiger partial charge in [-0.05, 0) is 30.3 Å². The molecular formula is C16H16BrNO2. The summed E-state index contributed by atoms with van der Waals surface area (Å²) in [6.07, 6.45) is 5.82. The highest BCUT2D eigenvalue weighted by atomic mass is 79.9. The lowest BCUT2D eigenvalue weighted by atomic mass is 10.1. The Bertz CT molecular complexity index is 522. The summed E-state index contributed by atoms with van der Waals surface area (Å²) in [5, 5.41) is 0. The maximum Gasteiger partial charge on any atom is 0.247 e. The van der Waals surface area contributed by atoms with Crippen LogP contribution in [0, 0.1) is 0 Å². The molecule has 3 nitrogen and oxygen atoms in total. The van der Waals surface area contributed by atoms with Crippen molar-refractivity contribution in [2.75, 3.05) is 13.1 Å². The van der Waals surface area contributed by atoms with Gasteiger partial charge in [0.2, 0.25) is 5.91 Å². The first-order valence-corrected chi connectivity index (χ1v) is 6.86. The van der Waals surface area contributed by atoms with Crippen LogP contribution in [0.5, 0.6) is 0 Å². The summed E-state index contributed by atoms with van der Waals surface area (Å²) in [5.74, 6) is -0.446. The van der Waals surface area contributed by atoms with Crippen molar-refractivity contribution in [2.45, 2.75) is 0 Å². The average molecular weight is 334 g/mol. The predicted molar refractivity (Wildman–Crippen MR) is 84.6 cm³/mol. The van der Waals surface area contributed by atoms with Gasteiger partial charge in [-0.15, -0.1) is 13.2 Å². The molecule has 0 aliphatic carbocycles. The van der Waals surface area contributed by atoms with Crippen LogP contribution < -0.4 is 0 Å². The Balaban J connectivity index is 2.72. The van der Waals surface area contributed by atoms with E-state index in [1.165, 1.54) is 17.1 Å². The number of benzene rings is 1. The maximum absolute atomic E-state index is 11.9. The second-order valence-electron chi connectivity index (χ2n) is 4.03. The van der Waals surface area contributed by atoms with Crippen LogP contribution in [-0.4, -0.2) is 29.7 Å². The second kappa shape index (κ2) is 8.27. The lowest BCUT2D eigenvalue weighted by Crippen LogP contribution is -2.29. The van der Waals surface area contributed by atoms with Crippen molar-refractivity contribution in [3.8, 4) is 0 Å². The Kier molecular flexibility index (Phi) is 6.67. The quantitative estimate of drug-likeness (QED) is 0.435. The first-order chi connectivity index (χ1) is 9.58. The molecule has 0 aromatic heterocycles. The number of rotatable bonds is 7. The van der Waals surface area contributed by atoms with E-state index in [0.29, 0.717) is 18.7 Å². The first-order valence-electron chi connectivity index (χ1n) is 6.07. The van der Waals surface area contributed by atoms with E-state index in [1.807, 2.05) is 0 Å². The van der Waals surface area contributed by atoms with Gasteiger partial charge in [-0.1, -0.05) is 28.1 Å². The number of hydrogen-bond donors (Lipinski definition) is 0. The van der Waals surface area contributed by atoms with Crippen molar-refractivity contribution in [1.29, 1.82) is 0 Å². The van der Waals surface area contributed by atoms with Gasteiger partial charge in [0, 0.05) is 29.2 Å². The fraction of sp³-hybridized carbons (Fsp3) is 0.125. The van der Waals surface area contributed by atoms with Gasteiger partial charge in [-0.3, -0.25) is 9.59 Å². The van der Waals surface area contributed by atoms with Crippen LogP contribution >= 0.6 is 15.9 Å². The predicted octanol–water partition coefficient (Wildman–Crippen LogP) is 3.39. The zero-order valence-corrected chi connectivity index (χ0v) is 12.7. The molecule has 0 aliphatic rings. The van der Waals surface area contributed by atoms with Crippen molar-refractivity contribution >= 4 is 27.6 Å². The Morgan fingerprint density at radius 2 is 1.60 bits per heavy atom. The molecule has 104 valence electrons. The molecule has 1 aromatic rings. The number of hydrogen-bond acceptors (Lipinski definition) is 2. The molecule has 0 N–H and O–H groups in total. The summed E-state index contributed by atoms with van der Waals surface area (Å²) in [6, 6.07) is 6.97. The standard InChI is InChI=1S/C16H16BrNO2/c1-3-11-18(12-4-2)16(20)10-9-15(19)13-5-7-14(17)8-6-13/h3-10H,1-2,11-12H2/b10-9+. The number of nitrogens with zero attached hydrogens (tertiary/aromatic N) is 1. The molecule has 0 saturated heterocycles. The van der Waals surface area contributed by atoms with Crippen LogP contribution in [0.25, 0.3) is 0 Å². The molecule has 4 heteroatoms. The Labute approximate surface area is 127 Å². The highest BCUT2D eigenvalue weighted by Gasteiger charge is 2.08. The van der Waals surface area contributed by atoms with Crippen LogP contribution in [0.2, 0.25) is 0 Å². The normalized spacial score (nSPS) is 10.2. The molecule has 0 atom stereocenters. The van der Waals surface area contributed by atoms with Crippen LogP contribution in [0.3, 0.4) is 0 Å². The number of allylic oxidation sites excluding steroid dienone is 1. The lowest BCUT2D eigenvalue weighted by molar-refractivity contribution is -0.125. The van der Waals surface area contributed by atoms with Gasteiger partial charge >= 0.3 is 0 Å². The van der Waals surface area contributed by atoms with Crippen molar-refractivity contribution in [2.24, 2.45) is 0 Å². The molecule has 0 fully saturated rings. The summed E-state index contributed by atoms with van der Waals surface area (Å²) >= 11 is 3.30. The number of carbonyl (C=O) groups excluding carboxylic acids is 2. The first kappa shape index (κ1) is 16.1. The van der Waals surface area contributed by atoms with Gasteiger partial charge in [0.05, 0.1) is 0 Å². The number of carbonyl (C=O) groups is 2. The average Bonchev–Trinajstić information content (AvgIpc) is 2.45. The molecule has 1 rings (SSSR count). The van der Waals surface area contributed by atoms with E-state index >= 15 is 0 Å². The van der Waals surface area contributed by atoms with Crippen LogP contribution in [-0.2, 0) is 4.79 Å². The number of amides is 1. The van der Waals surface area contributed by atoms with Crippen molar-refractivity contribution < 1.29 is 9.59 Å². The van der Waals surface area contributed by atoms with E-state index in [-0.39, 0.29) is 11.7 Å². The lowest BCUT2D eigenvalue weighted by Gasteiger charge is -2.16. The van der Waals surface area contributed by atoms with E-state index < -0.39 is 0 Å². The fourth-order valence-corrected chi connectivity index (χ4v) is 1.79. The van der Waals surface area contributed by atoms with Crippen molar-refractivity contribution in [3.63, 3.8) is 0 Å². The van der Waals surface area contributed by atoms with Gasteiger partial charge in [0.1, 0.15) is 0 Å². The maximum atomic E-state index is 11.9. The van der Waals surface area contributed by atoms with E-state index in [4.69, 9.17) is 0 Å². The highest BCUT2D eigenvalue weighted by molar-refractivity contribution is 9.10. The van der Waals surface area contributed by atoms with E-state index in [9.17, 15) is 9.59 Å². The van der Waals surface area contributed by atoms with E-state index in [0.717, 1.165) is 4.47 Å². The molecule has 0 unspecified atom stereocenters. The smallest absolute Gasteiger partial charge is 0.247 e. The largest absolute Gasteiger partial charge is 0.332 e. The van der Waals surface area contributed by atoms with Gasteiger partial charge < -0.3 is 4.90 Å². The summed E-state index contributed by atoms with van der Waals surface area (Å²) < 4.78 is 0.900. The molecule has 0 heterocycles. The van der Waals surface area contributed by atoms with Crippen molar-refractivity contribution in [1.82, 2.24) is 4.90 Å². The summed E-state index contributed by atoms with van der Waals surface area (Å²) in [6.45, 7) is 8.02. The van der Waals surface area contributed by atoms with Gasteiger partial charge in [0.25, 0.3) is 0 Å². The van der Waals surface area contributed by atoms with Crippen LogP contribution in [0.15, 0.2) is 66.2 Å². The molecule has 20 heavy (non-hydrogen) atoms. The number of halogens is 1. The Hall–Kier alpha value is -1.94. The SMILES string of the molecule is C=CCN(CC=C)C(=O)/C=C/C(=O)c1ccc(Br)cc1. The number of ketones is 1. The fourth-order valence-electron chi connectivity index (χ4n) is 1.53. The zero-order valence-electron chi connectivity index (χ0n) is 11.1. The third kappa shape index (κ3) is 4.97. The molecule has 0 radical (unpaired) electrons. The highest BCUT2D eigenvalue weighted by Crippen LogP contribution is 2.11. The minimum absolute atomic E-state index is 0.206. The van der Waals surface area contributed by atoms with Crippen LogP contribution in [0.4, 0.5) is 0 Å². The third-order valence-corrected chi connectivity index (χ3v) is 3.05. The van der Waals surface area contributed by atoms with Gasteiger partial charge in [-0.2, -0.15) is 0 Å². The van der Waals surface area contributed by atoms with Gasteiger partial charge in [-0.25, -0.2) is 0 Å². The summed E-state index contributed by atoms with van der Waals surface area (Å²) in [7, 11) is 0.